The molecular weight excluding hydrogens is 206 g/mol. The van der Waals surface area contributed by atoms with Gasteiger partial charge in [0.25, 0.3) is 4.74 Å². The van der Waals surface area contributed by atoms with E-state index in [0.717, 1.165) is 17.4 Å². The molecule has 2 aromatic rings. The van der Waals surface area contributed by atoms with Crippen molar-refractivity contribution in [2.45, 2.75) is 13.5 Å². The second-order valence-corrected chi connectivity index (χ2v) is 4.17. The molecule has 0 fully saturated rings. The van der Waals surface area contributed by atoms with E-state index < -0.39 is 0 Å². The Kier molecular flexibility index (Phi) is 2.14. The van der Waals surface area contributed by atoms with Gasteiger partial charge in [-0.05, 0) is 36.7 Å². The van der Waals surface area contributed by atoms with Crippen molar-refractivity contribution in [1.82, 2.24) is 3.96 Å². The first-order valence-electron chi connectivity index (χ1n) is 4.01. The number of hydrogen-bond acceptors (Lipinski definition) is 2. The van der Waals surface area contributed by atoms with Gasteiger partial charge in [0.15, 0.2) is 0 Å². The minimum atomic E-state index is 0.0827. The summed E-state index contributed by atoms with van der Waals surface area (Å²) in [7, 11) is 0. The summed E-state index contributed by atoms with van der Waals surface area (Å²) >= 11 is 7.04. The van der Waals surface area contributed by atoms with E-state index >= 15 is 0 Å². The fourth-order valence-electron chi connectivity index (χ4n) is 1.32. The van der Waals surface area contributed by atoms with Gasteiger partial charge in [-0.3, -0.25) is 8.75 Å². The van der Waals surface area contributed by atoms with Crippen LogP contribution < -0.4 is 4.74 Å². The van der Waals surface area contributed by atoms with Crippen molar-refractivity contribution >= 4 is 34.0 Å². The quantitative estimate of drug-likeness (QED) is 0.714. The molecule has 13 heavy (non-hydrogen) atoms. The molecule has 0 saturated heterocycles. The molecule has 0 aliphatic carbocycles. The van der Waals surface area contributed by atoms with Crippen LogP contribution in [0, 0.1) is 0 Å². The number of aromatic nitrogens is 1. The van der Waals surface area contributed by atoms with E-state index in [1.807, 2.05) is 23.0 Å². The maximum atomic E-state index is 11.4. The van der Waals surface area contributed by atoms with Gasteiger partial charge in [0, 0.05) is 11.6 Å². The number of fused-ring (bicyclic) bond motifs is 1. The van der Waals surface area contributed by atoms with Crippen molar-refractivity contribution in [3.05, 3.63) is 32.8 Å². The lowest BCUT2D eigenvalue weighted by atomic mass is 10.2. The average Bonchev–Trinajstić information content (AvgIpc) is 2.43. The lowest BCUT2D eigenvalue weighted by molar-refractivity contribution is 0.869. The molecule has 0 bridgehead atoms. The second kappa shape index (κ2) is 3.16. The molecule has 0 spiro atoms. The molecule has 0 unspecified atom stereocenters. The molecule has 1 aromatic carbocycles. The van der Waals surface area contributed by atoms with Crippen LogP contribution in [0.3, 0.4) is 0 Å². The second-order valence-electron chi connectivity index (χ2n) is 2.73. The molecule has 0 radical (unpaired) electrons. The lowest BCUT2D eigenvalue weighted by Crippen LogP contribution is -1.87. The molecule has 1 aromatic heterocycles. The van der Waals surface area contributed by atoms with Crippen LogP contribution in [0.2, 0.25) is 5.02 Å². The highest BCUT2D eigenvalue weighted by Crippen LogP contribution is 2.18. The maximum Gasteiger partial charge on any atom is 0.257 e. The lowest BCUT2D eigenvalue weighted by Gasteiger charge is -1.96. The van der Waals surface area contributed by atoms with Crippen molar-refractivity contribution in [2.24, 2.45) is 0 Å². The molecule has 2 nitrogen and oxygen atoms in total. The van der Waals surface area contributed by atoms with Crippen LogP contribution in [0.5, 0.6) is 0 Å². The molecule has 0 aliphatic rings. The number of aryl methyl sites for hydroxylation is 1. The fourth-order valence-corrected chi connectivity index (χ4v) is 2.34. The Morgan fingerprint density at radius 1 is 1.54 bits per heavy atom. The topological polar surface area (TPSA) is 22.0 Å². The summed E-state index contributed by atoms with van der Waals surface area (Å²) in [5, 5.41) is 1.34. The first kappa shape index (κ1) is 8.78. The Hall–Kier alpha value is -0.800. The van der Waals surface area contributed by atoms with Crippen LogP contribution >= 0.6 is 23.1 Å². The van der Waals surface area contributed by atoms with Gasteiger partial charge in [-0.1, -0.05) is 11.6 Å². The van der Waals surface area contributed by atoms with E-state index in [4.69, 9.17) is 11.6 Å². The van der Waals surface area contributed by atoms with Crippen molar-refractivity contribution in [3.8, 4) is 0 Å². The van der Waals surface area contributed by atoms with Gasteiger partial charge in [0.05, 0.1) is 10.9 Å². The van der Waals surface area contributed by atoms with Gasteiger partial charge in [-0.15, -0.1) is 0 Å². The number of halogens is 1. The Labute approximate surface area is 84.5 Å². The van der Waals surface area contributed by atoms with Crippen molar-refractivity contribution in [1.29, 1.82) is 0 Å². The number of nitrogens with zero attached hydrogens (tertiary/aromatic N) is 1. The first-order chi connectivity index (χ1) is 6.22. The SMILES string of the molecule is CCn1sc(=O)c2cc(Cl)ccc21. The third-order valence-electron chi connectivity index (χ3n) is 1.93. The number of rotatable bonds is 1. The molecular formula is C9H8ClNOS. The minimum Gasteiger partial charge on any atom is -0.294 e. The van der Waals surface area contributed by atoms with Gasteiger partial charge in [0.2, 0.25) is 0 Å². The monoisotopic (exact) mass is 213 g/mol. The van der Waals surface area contributed by atoms with Crippen molar-refractivity contribution in [3.63, 3.8) is 0 Å². The largest absolute Gasteiger partial charge is 0.294 e. The molecule has 4 heteroatoms. The van der Waals surface area contributed by atoms with E-state index in [1.165, 1.54) is 11.5 Å². The highest BCUT2D eigenvalue weighted by Gasteiger charge is 2.05. The third kappa shape index (κ3) is 1.38. The van der Waals surface area contributed by atoms with E-state index in [9.17, 15) is 4.79 Å². The maximum absolute atomic E-state index is 11.4. The average molecular weight is 214 g/mol. The van der Waals surface area contributed by atoms with E-state index in [0.29, 0.717) is 5.02 Å². The summed E-state index contributed by atoms with van der Waals surface area (Å²) in [5.74, 6) is 0. The predicted molar refractivity (Wildman–Crippen MR) is 56.8 cm³/mol. The predicted octanol–water partition coefficient (Wildman–Crippen LogP) is 2.74. The highest BCUT2D eigenvalue weighted by molar-refractivity contribution is 7.05. The smallest absolute Gasteiger partial charge is 0.257 e. The van der Waals surface area contributed by atoms with Crippen LogP contribution in [0.1, 0.15) is 6.92 Å². The first-order valence-corrected chi connectivity index (χ1v) is 5.17. The van der Waals surface area contributed by atoms with Crippen LogP contribution in [-0.4, -0.2) is 3.96 Å². The molecule has 0 aliphatic heterocycles. The fraction of sp³-hybridized carbons (Fsp3) is 0.222. The normalized spacial score (nSPS) is 10.9. The molecule has 0 amide bonds. The number of benzene rings is 1. The summed E-state index contributed by atoms with van der Waals surface area (Å²) in [6.07, 6.45) is 0. The molecule has 0 atom stereocenters. The van der Waals surface area contributed by atoms with Crippen LogP contribution in [0.15, 0.2) is 23.0 Å². The summed E-state index contributed by atoms with van der Waals surface area (Å²) in [5.41, 5.74) is 0.974. The van der Waals surface area contributed by atoms with Crippen molar-refractivity contribution in [2.75, 3.05) is 0 Å². The van der Waals surface area contributed by atoms with Gasteiger partial charge in [0.1, 0.15) is 0 Å². The van der Waals surface area contributed by atoms with Gasteiger partial charge in [-0.25, -0.2) is 0 Å². The molecule has 68 valence electrons. The zero-order valence-electron chi connectivity index (χ0n) is 7.08. The van der Waals surface area contributed by atoms with Gasteiger partial charge in [-0.2, -0.15) is 0 Å². The molecule has 0 saturated carbocycles. The zero-order valence-corrected chi connectivity index (χ0v) is 8.65. The van der Waals surface area contributed by atoms with Crippen molar-refractivity contribution < 1.29 is 0 Å². The molecule has 2 rings (SSSR count). The standard InChI is InChI=1S/C9H8ClNOS/c1-2-11-8-4-3-6(10)5-7(8)9(12)13-11/h3-5H,2H2,1H3. The van der Waals surface area contributed by atoms with Crippen LogP contribution in [0.25, 0.3) is 10.9 Å². The van der Waals surface area contributed by atoms with E-state index in [-0.39, 0.29) is 4.74 Å². The third-order valence-corrected chi connectivity index (χ3v) is 3.22. The van der Waals surface area contributed by atoms with E-state index in [2.05, 4.69) is 0 Å². The van der Waals surface area contributed by atoms with Crippen LogP contribution in [0.4, 0.5) is 0 Å². The van der Waals surface area contributed by atoms with Gasteiger partial charge < -0.3 is 0 Å². The zero-order chi connectivity index (χ0) is 9.42. The Bertz CT molecular complexity index is 500. The Morgan fingerprint density at radius 3 is 3.00 bits per heavy atom. The van der Waals surface area contributed by atoms with Crippen LogP contribution in [-0.2, 0) is 6.54 Å². The van der Waals surface area contributed by atoms with E-state index in [1.54, 1.807) is 6.07 Å². The molecule has 0 N–H and O–H groups in total. The summed E-state index contributed by atoms with van der Waals surface area (Å²) < 4.78 is 2.05. The Balaban J connectivity index is 2.88. The minimum absolute atomic E-state index is 0.0827. The molecule has 1 heterocycles. The summed E-state index contributed by atoms with van der Waals surface area (Å²) in [6.45, 7) is 2.84. The Morgan fingerprint density at radius 2 is 2.31 bits per heavy atom. The van der Waals surface area contributed by atoms with Gasteiger partial charge >= 0.3 is 0 Å². The summed E-state index contributed by atoms with van der Waals surface area (Å²) in [4.78, 5) is 11.4. The summed E-state index contributed by atoms with van der Waals surface area (Å²) in [6, 6.07) is 5.42. The number of hydrogen-bond donors (Lipinski definition) is 0. The highest BCUT2D eigenvalue weighted by atomic mass is 35.5.